The molecule has 6 N–H and O–H groups in total. The van der Waals surface area contributed by atoms with Gasteiger partial charge in [-0.25, -0.2) is 4.79 Å². The fraction of sp³-hybridized carbons (Fsp3) is 0. The van der Waals surface area contributed by atoms with Gasteiger partial charge in [0.2, 0.25) is 5.96 Å². The summed E-state index contributed by atoms with van der Waals surface area (Å²) in [5.74, 6) is -0.0803. The molecule has 0 amide bonds. The highest BCUT2D eigenvalue weighted by molar-refractivity contribution is 6.33. The minimum atomic E-state index is -1.83. The summed E-state index contributed by atoms with van der Waals surface area (Å²) in [5, 5.41) is 21.6. The molecular formula is C9H11ClN4O3. The molecule has 92 valence electrons. The van der Waals surface area contributed by atoms with Gasteiger partial charge in [-0.2, -0.15) is 5.10 Å². The normalized spacial score (nSPS) is 9.24. The summed E-state index contributed by atoms with van der Waals surface area (Å²) in [6.45, 7) is 0. The molecule has 0 radical (unpaired) electrons. The number of hydrogen-bond acceptors (Lipinski definition) is 3. The third-order valence-corrected chi connectivity index (χ3v) is 1.62. The molecule has 7 nitrogen and oxygen atoms in total. The maximum atomic E-state index is 8.56. The van der Waals surface area contributed by atoms with E-state index in [0.717, 1.165) is 5.56 Å². The first-order valence-electron chi connectivity index (χ1n) is 4.22. The van der Waals surface area contributed by atoms with Crippen LogP contribution < -0.4 is 11.5 Å². The number of hydrogen-bond donors (Lipinski definition) is 4. The summed E-state index contributed by atoms with van der Waals surface area (Å²) in [6.07, 6.45) is -0.345. The van der Waals surface area contributed by atoms with Crippen molar-refractivity contribution < 1.29 is 15.0 Å². The Morgan fingerprint density at radius 1 is 1.29 bits per heavy atom. The molecule has 0 aliphatic heterocycles. The first-order valence-corrected chi connectivity index (χ1v) is 4.59. The van der Waals surface area contributed by atoms with Crippen LogP contribution in [0.1, 0.15) is 5.56 Å². The van der Waals surface area contributed by atoms with Gasteiger partial charge in [-0.1, -0.05) is 29.8 Å². The van der Waals surface area contributed by atoms with Crippen LogP contribution in [0.4, 0.5) is 4.79 Å². The number of guanidine groups is 1. The zero-order valence-electron chi connectivity index (χ0n) is 8.62. The van der Waals surface area contributed by atoms with Gasteiger partial charge in [0.25, 0.3) is 0 Å². The summed E-state index contributed by atoms with van der Waals surface area (Å²) in [6, 6.07) is 7.26. The number of carbonyl (C=O) groups is 1. The molecule has 0 aliphatic rings. The Morgan fingerprint density at radius 2 is 1.82 bits per heavy atom. The predicted molar refractivity (Wildman–Crippen MR) is 65.5 cm³/mol. The summed E-state index contributed by atoms with van der Waals surface area (Å²) >= 11 is 5.84. The predicted octanol–water partition coefficient (Wildman–Crippen LogP) is 1.17. The molecule has 1 aromatic rings. The Hall–Kier alpha value is -2.28. The average Bonchev–Trinajstić information content (AvgIpc) is 2.19. The first kappa shape index (κ1) is 14.7. The lowest BCUT2D eigenvalue weighted by atomic mass is 10.2. The molecule has 17 heavy (non-hydrogen) atoms. The summed E-state index contributed by atoms with van der Waals surface area (Å²) in [5.41, 5.74) is 10.9. The van der Waals surface area contributed by atoms with E-state index in [9.17, 15) is 0 Å². The second-order valence-electron chi connectivity index (χ2n) is 2.57. The Bertz CT molecular complexity index is 426. The van der Waals surface area contributed by atoms with Crippen molar-refractivity contribution in [2.24, 2.45) is 21.7 Å². The average molecular weight is 259 g/mol. The maximum absolute atomic E-state index is 8.56. The molecule has 0 unspecified atom stereocenters. The van der Waals surface area contributed by atoms with Gasteiger partial charge in [0, 0.05) is 10.6 Å². The van der Waals surface area contributed by atoms with E-state index in [-0.39, 0.29) is 5.96 Å². The molecule has 0 aromatic heterocycles. The van der Waals surface area contributed by atoms with Gasteiger partial charge in [-0.3, -0.25) is 0 Å². The van der Waals surface area contributed by atoms with Crippen LogP contribution in [0.15, 0.2) is 34.5 Å². The van der Waals surface area contributed by atoms with E-state index in [1.807, 2.05) is 18.2 Å². The number of nitrogens with two attached hydrogens (primary N) is 2. The van der Waals surface area contributed by atoms with E-state index in [4.69, 9.17) is 38.1 Å². The fourth-order valence-electron chi connectivity index (χ4n) is 0.738. The van der Waals surface area contributed by atoms with Crippen molar-refractivity contribution >= 4 is 29.9 Å². The van der Waals surface area contributed by atoms with E-state index in [0.29, 0.717) is 5.02 Å². The van der Waals surface area contributed by atoms with Crippen LogP contribution in [0.2, 0.25) is 5.02 Å². The van der Waals surface area contributed by atoms with Gasteiger partial charge >= 0.3 is 6.16 Å². The molecule has 0 atom stereocenters. The number of rotatable bonds is 2. The SMILES string of the molecule is NC(N)=N/N=C/c1ccccc1Cl.O=C(O)O. The largest absolute Gasteiger partial charge is 0.503 e. The van der Waals surface area contributed by atoms with E-state index >= 15 is 0 Å². The monoisotopic (exact) mass is 258 g/mol. The van der Waals surface area contributed by atoms with Gasteiger partial charge in [0.1, 0.15) is 0 Å². The zero-order chi connectivity index (χ0) is 13.3. The van der Waals surface area contributed by atoms with Gasteiger partial charge in [-0.15, -0.1) is 5.10 Å². The molecular weight excluding hydrogens is 248 g/mol. The molecule has 1 rings (SSSR count). The standard InChI is InChI=1S/C8H9ClN4.CH2O3/c9-7-4-2-1-3-6(7)5-12-13-8(10)11;2-1(3)4/h1-5H,(H4,10,11,13);(H2,2,3,4)/b12-5+;. The number of halogens is 1. The molecule has 0 heterocycles. The molecule has 1 aromatic carbocycles. The number of carboxylic acid groups (broad SMARTS) is 2. The molecule has 0 saturated heterocycles. The number of nitrogens with zero attached hydrogens (tertiary/aromatic N) is 2. The zero-order valence-corrected chi connectivity index (χ0v) is 9.37. The third kappa shape index (κ3) is 8.70. The van der Waals surface area contributed by atoms with Crippen LogP contribution in [0.3, 0.4) is 0 Å². The molecule has 0 aliphatic carbocycles. The molecule has 0 saturated carbocycles. The lowest BCUT2D eigenvalue weighted by Gasteiger charge is -1.93. The Morgan fingerprint density at radius 3 is 2.29 bits per heavy atom. The minimum absolute atomic E-state index is 0.0803. The van der Waals surface area contributed by atoms with E-state index < -0.39 is 6.16 Å². The molecule has 0 bridgehead atoms. The van der Waals surface area contributed by atoms with Crippen molar-refractivity contribution in [3.05, 3.63) is 34.9 Å². The van der Waals surface area contributed by atoms with Gasteiger partial charge in [0.05, 0.1) is 6.21 Å². The summed E-state index contributed by atoms with van der Waals surface area (Å²) in [4.78, 5) is 8.56. The lowest BCUT2D eigenvalue weighted by Crippen LogP contribution is -2.21. The fourth-order valence-corrected chi connectivity index (χ4v) is 0.922. The maximum Gasteiger partial charge on any atom is 0.503 e. The van der Waals surface area contributed by atoms with Crippen LogP contribution in [0.25, 0.3) is 0 Å². The lowest BCUT2D eigenvalue weighted by molar-refractivity contribution is 0.137. The highest BCUT2D eigenvalue weighted by Crippen LogP contribution is 2.12. The van der Waals surface area contributed by atoms with E-state index in [1.165, 1.54) is 6.21 Å². The van der Waals surface area contributed by atoms with Gasteiger partial charge < -0.3 is 21.7 Å². The Balaban J connectivity index is 0.000000557. The van der Waals surface area contributed by atoms with Crippen LogP contribution in [0.5, 0.6) is 0 Å². The van der Waals surface area contributed by atoms with E-state index in [1.54, 1.807) is 6.07 Å². The van der Waals surface area contributed by atoms with Crippen molar-refractivity contribution in [2.75, 3.05) is 0 Å². The minimum Gasteiger partial charge on any atom is -0.450 e. The van der Waals surface area contributed by atoms with Crippen LogP contribution in [0, 0.1) is 0 Å². The second kappa shape index (κ2) is 7.94. The van der Waals surface area contributed by atoms with Crippen molar-refractivity contribution in [1.82, 2.24) is 0 Å². The van der Waals surface area contributed by atoms with Crippen molar-refractivity contribution in [3.8, 4) is 0 Å². The highest BCUT2D eigenvalue weighted by atomic mass is 35.5. The van der Waals surface area contributed by atoms with Crippen molar-refractivity contribution in [2.45, 2.75) is 0 Å². The van der Waals surface area contributed by atoms with Crippen LogP contribution in [-0.4, -0.2) is 28.5 Å². The third-order valence-electron chi connectivity index (χ3n) is 1.28. The summed E-state index contributed by atoms with van der Waals surface area (Å²) < 4.78 is 0. The highest BCUT2D eigenvalue weighted by Gasteiger charge is 1.92. The Kier molecular flexibility index (Phi) is 6.88. The Labute approximate surface area is 102 Å². The van der Waals surface area contributed by atoms with Crippen molar-refractivity contribution in [1.29, 1.82) is 0 Å². The van der Waals surface area contributed by atoms with Gasteiger partial charge in [0.15, 0.2) is 0 Å². The van der Waals surface area contributed by atoms with Gasteiger partial charge in [-0.05, 0) is 6.07 Å². The first-order chi connectivity index (χ1) is 7.93. The summed E-state index contributed by atoms with van der Waals surface area (Å²) in [7, 11) is 0. The van der Waals surface area contributed by atoms with Crippen LogP contribution >= 0.6 is 11.6 Å². The molecule has 0 fully saturated rings. The molecule has 0 spiro atoms. The number of benzene rings is 1. The second-order valence-corrected chi connectivity index (χ2v) is 2.98. The quantitative estimate of drug-likeness (QED) is 0.359. The van der Waals surface area contributed by atoms with Crippen LogP contribution in [-0.2, 0) is 0 Å². The van der Waals surface area contributed by atoms with Crippen molar-refractivity contribution in [3.63, 3.8) is 0 Å². The molecule has 8 heteroatoms. The smallest absolute Gasteiger partial charge is 0.450 e. The van der Waals surface area contributed by atoms with E-state index in [2.05, 4.69) is 10.2 Å². The topological polar surface area (TPSA) is 134 Å².